The van der Waals surface area contributed by atoms with Crippen LogP contribution in [-0.4, -0.2) is 12.6 Å². The molecule has 16 heavy (non-hydrogen) atoms. The predicted octanol–water partition coefficient (Wildman–Crippen LogP) is 3.13. The molecule has 4 aliphatic rings. The highest BCUT2D eigenvalue weighted by atomic mass is 16.6. The minimum Gasteiger partial charge on any atom is -0.302 e. The fourth-order valence-electron chi connectivity index (χ4n) is 5.04. The Morgan fingerprint density at radius 1 is 1.12 bits per heavy atom. The fourth-order valence-corrected chi connectivity index (χ4v) is 5.04. The lowest BCUT2D eigenvalue weighted by Crippen LogP contribution is -2.54. The highest BCUT2D eigenvalue weighted by Crippen LogP contribution is 2.61. The van der Waals surface area contributed by atoms with E-state index in [1.807, 2.05) is 0 Å². The summed E-state index contributed by atoms with van der Waals surface area (Å²) in [6.07, 6.45) is 8.96. The van der Waals surface area contributed by atoms with Crippen molar-refractivity contribution in [1.29, 1.82) is 0 Å². The lowest BCUT2D eigenvalue weighted by Gasteiger charge is -2.59. The molecule has 4 saturated carbocycles. The average Bonchev–Trinajstić information content (AvgIpc) is 2.24. The predicted molar refractivity (Wildman–Crippen MR) is 64.8 cm³/mol. The highest BCUT2D eigenvalue weighted by Gasteiger charge is 2.53. The molecule has 4 bridgehead atoms. The van der Waals surface area contributed by atoms with Crippen LogP contribution < -0.4 is 5.48 Å². The van der Waals surface area contributed by atoms with E-state index in [0.29, 0.717) is 11.5 Å². The molecule has 4 aliphatic carbocycles. The molecule has 1 atom stereocenters. The minimum atomic E-state index is 0.542. The molecule has 0 aromatic carbocycles. The normalized spacial score (nSPS) is 47.2. The van der Waals surface area contributed by atoms with Gasteiger partial charge in [0.05, 0.1) is 6.61 Å². The summed E-state index contributed by atoms with van der Waals surface area (Å²) in [5, 5.41) is 0. The third-order valence-electron chi connectivity index (χ3n) is 5.41. The first-order chi connectivity index (χ1) is 7.72. The Balaban J connectivity index is 1.72. The maximum atomic E-state index is 5.43. The van der Waals surface area contributed by atoms with E-state index in [2.05, 4.69) is 19.3 Å². The second kappa shape index (κ2) is 3.99. The second-order valence-corrected chi connectivity index (χ2v) is 6.55. The van der Waals surface area contributed by atoms with Crippen LogP contribution in [0.25, 0.3) is 0 Å². The molecule has 0 aromatic heterocycles. The van der Waals surface area contributed by atoms with Crippen molar-refractivity contribution in [3.63, 3.8) is 0 Å². The van der Waals surface area contributed by atoms with Crippen LogP contribution in [-0.2, 0) is 4.84 Å². The lowest BCUT2D eigenvalue weighted by atomic mass is 9.48. The zero-order valence-corrected chi connectivity index (χ0v) is 10.7. The number of rotatable bonds is 4. The summed E-state index contributed by atoms with van der Waals surface area (Å²) in [5.74, 6) is 3.12. The van der Waals surface area contributed by atoms with Crippen LogP contribution in [0.1, 0.15) is 52.4 Å². The van der Waals surface area contributed by atoms with E-state index in [1.165, 1.54) is 38.5 Å². The molecule has 4 fully saturated rings. The van der Waals surface area contributed by atoms with Gasteiger partial charge in [0.15, 0.2) is 0 Å². The van der Waals surface area contributed by atoms with Gasteiger partial charge in [-0.25, -0.2) is 0 Å². The van der Waals surface area contributed by atoms with Gasteiger partial charge in [-0.2, -0.15) is 5.48 Å². The van der Waals surface area contributed by atoms with E-state index < -0.39 is 0 Å². The van der Waals surface area contributed by atoms with Crippen LogP contribution >= 0.6 is 0 Å². The lowest BCUT2D eigenvalue weighted by molar-refractivity contribution is -0.105. The molecule has 0 radical (unpaired) electrons. The molecule has 4 rings (SSSR count). The average molecular weight is 223 g/mol. The van der Waals surface area contributed by atoms with E-state index >= 15 is 0 Å². The summed E-state index contributed by atoms with van der Waals surface area (Å²) in [5.41, 5.74) is 3.86. The smallest absolute Gasteiger partial charge is 0.0654 e. The van der Waals surface area contributed by atoms with Crippen LogP contribution in [0.4, 0.5) is 0 Å². The van der Waals surface area contributed by atoms with Crippen molar-refractivity contribution < 1.29 is 4.84 Å². The second-order valence-electron chi connectivity index (χ2n) is 6.55. The monoisotopic (exact) mass is 223 g/mol. The quantitative estimate of drug-likeness (QED) is 0.739. The zero-order valence-electron chi connectivity index (χ0n) is 10.7. The Labute approximate surface area is 99.1 Å². The van der Waals surface area contributed by atoms with E-state index in [1.54, 1.807) is 0 Å². The first-order valence-corrected chi connectivity index (χ1v) is 7.09. The third-order valence-corrected chi connectivity index (χ3v) is 5.41. The number of hydrogen-bond donors (Lipinski definition) is 1. The van der Waals surface area contributed by atoms with E-state index in [0.717, 1.165) is 24.4 Å². The largest absolute Gasteiger partial charge is 0.302 e. The summed E-state index contributed by atoms with van der Waals surface area (Å²) in [6.45, 7) is 5.17. The molecule has 0 amide bonds. The van der Waals surface area contributed by atoms with Gasteiger partial charge in [-0.15, -0.1) is 0 Å². The van der Waals surface area contributed by atoms with Crippen molar-refractivity contribution in [2.45, 2.75) is 58.4 Å². The van der Waals surface area contributed by atoms with Gasteiger partial charge in [-0.05, 0) is 75.5 Å². The molecule has 0 aromatic rings. The van der Waals surface area contributed by atoms with Crippen LogP contribution in [0.5, 0.6) is 0 Å². The van der Waals surface area contributed by atoms with Gasteiger partial charge >= 0.3 is 0 Å². The first kappa shape index (κ1) is 11.0. The standard InChI is InChI=1S/C14H25NO/c1-3-16-15-10(2)14-7-11-4-12(8-14)6-13(5-11)9-14/h10-13,15H,3-9H2,1-2H3. The maximum absolute atomic E-state index is 5.43. The van der Waals surface area contributed by atoms with Crippen molar-refractivity contribution >= 4 is 0 Å². The first-order valence-electron chi connectivity index (χ1n) is 7.09. The molecular formula is C14H25NO. The Kier molecular flexibility index (Phi) is 2.75. The van der Waals surface area contributed by atoms with Crippen molar-refractivity contribution in [1.82, 2.24) is 5.48 Å². The van der Waals surface area contributed by atoms with E-state index in [4.69, 9.17) is 4.84 Å². The van der Waals surface area contributed by atoms with Crippen molar-refractivity contribution in [2.75, 3.05) is 6.61 Å². The Morgan fingerprint density at radius 3 is 2.06 bits per heavy atom. The van der Waals surface area contributed by atoms with E-state index in [9.17, 15) is 0 Å². The zero-order chi connectivity index (χ0) is 11.2. The molecule has 1 N–H and O–H groups in total. The molecule has 0 saturated heterocycles. The Hall–Kier alpha value is -0.0800. The van der Waals surface area contributed by atoms with Gasteiger partial charge in [-0.1, -0.05) is 0 Å². The summed E-state index contributed by atoms with van der Waals surface area (Å²) >= 11 is 0. The summed E-state index contributed by atoms with van der Waals surface area (Å²) in [4.78, 5) is 5.43. The fraction of sp³-hybridized carbons (Fsp3) is 1.00. The SMILES string of the molecule is CCONC(C)C12CC3CC(CC(C3)C1)C2. The summed E-state index contributed by atoms with van der Waals surface area (Å²) < 4.78 is 0. The molecular weight excluding hydrogens is 198 g/mol. The summed E-state index contributed by atoms with van der Waals surface area (Å²) in [7, 11) is 0. The molecule has 0 aliphatic heterocycles. The Morgan fingerprint density at radius 2 is 1.62 bits per heavy atom. The van der Waals surface area contributed by atoms with Crippen molar-refractivity contribution in [3.8, 4) is 0 Å². The van der Waals surface area contributed by atoms with Gasteiger partial charge in [0.25, 0.3) is 0 Å². The topological polar surface area (TPSA) is 21.3 Å². The molecule has 1 unspecified atom stereocenters. The van der Waals surface area contributed by atoms with Gasteiger partial charge in [-0.3, -0.25) is 0 Å². The highest BCUT2D eigenvalue weighted by molar-refractivity contribution is 5.04. The molecule has 92 valence electrons. The number of hydroxylamine groups is 1. The van der Waals surface area contributed by atoms with Crippen LogP contribution in [0.2, 0.25) is 0 Å². The number of hydrogen-bond acceptors (Lipinski definition) is 2. The minimum absolute atomic E-state index is 0.542. The van der Waals surface area contributed by atoms with Gasteiger partial charge < -0.3 is 4.84 Å². The Bertz CT molecular complexity index is 228. The summed E-state index contributed by atoms with van der Waals surface area (Å²) in [6, 6.07) is 0.542. The van der Waals surface area contributed by atoms with Gasteiger partial charge in [0, 0.05) is 6.04 Å². The third kappa shape index (κ3) is 1.70. The van der Waals surface area contributed by atoms with Crippen molar-refractivity contribution in [2.24, 2.45) is 23.2 Å². The van der Waals surface area contributed by atoms with E-state index in [-0.39, 0.29) is 0 Å². The molecule has 0 spiro atoms. The molecule has 2 nitrogen and oxygen atoms in total. The van der Waals surface area contributed by atoms with Crippen molar-refractivity contribution in [3.05, 3.63) is 0 Å². The van der Waals surface area contributed by atoms with Crippen LogP contribution in [0, 0.1) is 23.2 Å². The van der Waals surface area contributed by atoms with Crippen LogP contribution in [0.15, 0.2) is 0 Å². The van der Waals surface area contributed by atoms with Gasteiger partial charge in [0.2, 0.25) is 0 Å². The number of nitrogens with one attached hydrogen (secondary N) is 1. The molecule has 2 heteroatoms. The maximum Gasteiger partial charge on any atom is 0.0654 e. The molecule has 0 heterocycles. The van der Waals surface area contributed by atoms with Crippen LogP contribution in [0.3, 0.4) is 0 Å². The van der Waals surface area contributed by atoms with Gasteiger partial charge in [0.1, 0.15) is 0 Å².